The summed E-state index contributed by atoms with van der Waals surface area (Å²) in [7, 11) is 0. The zero-order chi connectivity index (χ0) is 14.0. The molecule has 1 rings (SSSR count). The largest absolute Gasteiger partial charge is 0.405 e. The lowest BCUT2D eigenvalue weighted by Gasteiger charge is -2.28. The molecule has 0 atom stereocenters. The smallest absolute Gasteiger partial charge is 0.376 e. The van der Waals surface area contributed by atoms with Crippen molar-refractivity contribution in [1.82, 2.24) is 0 Å². The SMILES string of the molecule is C=C(C)C(C)(C)c1ccccc1NCC(F)(F)F. The van der Waals surface area contributed by atoms with E-state index in [1.54, 1.807) is 12.1 Å². The van der Waals surface area contributed by atoms with Crippen molar-refractivity contribution in [2.24, 2.45) is 0 Å². The fraction of sp³-hybridized carbons (Fsp3) is 0.429. The Morgan fingerprint density at radius 1 is 1.22 bits per heavy atom. The Hall–Kier alpha value is -1.45. The first-order valence-electron chi connectivity index (χ1n) is 5.70. The highest BCUT2D eigenvalue weighted by molar-refractivity contribution is 5.56. The van der Waals surface area contributed by atoms with Crippen molar-refractivity contribution in [3.05, 3.63) is 42.0 Å². The monoisotopic (exact) mass is 257 g/mol. The number of rotatable bonds is 4. The van der Waals surface area contributed by atoms with E-state index in [2.05, 4.69) is 11.9 Å². The molecular weight excluding hydrogens is 239 g/mol. The third-order valence-corrected chi connectivity index (χ3v) is 3.15. The van der Waals surface area contributed by atoms with Crippen molar-refractivity contribution in [2.45, 2.75) is 32.4 Å². The number of hydrogen-bond donors (Lipinski definition) is 1. The van der Waals surface area contributed by atoms with Gasteiger partial charge in [0.2, 0.25) is 0 Å². The van der Waals surface area contributed by atoms with Crippen LogP contribution < -0.4 is 5.32 Å². The molecule has 0 heterocycles. The van der Waals surface area contributed by atoms with E-state index in [0.717, 1.165) is 11.1 Å². The highest BCUT2D eigenvalue weighted by Gasteiger charge is 2.29. The lowest BCUT2D eigenvalue weighted by atomic mass is 9.78. The lowest BCUT2D eigenvalue weighted by molar-refractivity contribution is -0.115. The normalized spacial score (nSPS) is 12.3. The van der Waals surface area contributed by atoms with E-state index in [1.165, 1.54) is 0 Å². The number of anilines is 1. The van der Waals surface area contributed by atoms with Crippen LogP contribution in [0.4, 0.5) is 18.9 Å². The van der Waals surface area contributed by atoms with Crippen LogP contribution in [0.5, 0.6) is 0 Å². The highest BCUT2D eigenvalue weighted by atomic mass is 19.4. The number of nitrogens with one attached hydrogen (secondary N) is 1. The van der Waals surface area contributed by atoms with Gasteiger partial charge in [0.25, 0.3) is 0 Å². The van der Waals surface area contributed by atoms with Gasteiger partial charge in [-0.3, -0.25) is 0 Å². The molecule has 0 saturated carbocycles. The number of benzene rings is 1. The molecule has 1 aromatic carbocycles. The molecule has 0 fully saturated rings. The summed E-state index contributed by atoms with van der Waals surface area (Å²) in [5.74, 6) is 0. The van der Waals surface area contributed by atoms with Crippen LogP contribution in [0.2, 0.25) is 0 Å². The molecule has 100 valence electrons. The summed E-state index contributed by atoms with van der Waals surface area (Å²) in [6.45, 7) is 8.64. The van der Waals surface area contributed by atoms with Gasteiger partial charge in [0.1, 0.15) is 6.54 Å². The molecule has 18 heavy (non-hydrogen) atoms. The topological polar surface area (TPSA) is 12.0 Å². The van der Waals surface area contributed by atoms with Crippen molar-refractivity contribution in [3.63, 3.8) is 0 Å². The lowest BCUT2D eigenvalue weighted by Crippen LogP contribution is -2.25. The second kappa shape index (κ2) is 5.04. The van der Waals surface area contributed by atoms with Crippen LogP contribution in [-0.4, -0.2) is 12.7 Å². The molecule has 0 unspecified atom stereocenters. The van der Waals surface area contributed by atoms with E-state index < -0.39 is 12.7 Å². The first kappa shape index (κ1) is 14.6. The first-order valence-corrected chi connectivity index (χ1v) is 5.70. The van der Waals surface area contributed by atoms with Gasteiger partial charge < -0.3 is 5.32 Å². The minimum absolute atomic E-state index is 0.366. The molecule has 4 heteroatoms. The van der Waals surface area contributed by atoms with Crippen LogP contribution in [0, 0.1) is 0 Å². The second-order valence-corrected chi connectivity index (χ2v) is 4.92. The summed E-state index contributed by atoms with van der Waals surface area (Å²) in [4.78, 5) is 0. The summed E-state index contributed by atoms with van der Waals surface area (Å²) >= 11 is 0. The first-order chi connectivity index (χ1) is 8.14. The van der Waals surface area contributed by atoms with Crippen LogP contribution in [0.3, 0.4) is 0 Å². The Bertz CT molecular complexity index is 433. The quantitative estimate of drug-likeness (QED) is 0.782. The van der Waals surface area contributed by atoms with Crippen LogP contribution in [-0.2, 0) is 5.41 Å². The van der Waals surface area contributed by atoms with Crippen molar-refractivity contribution in [1.29, 1.82) is 0 Å². The summed E-state index contributed by atoms with van der Waals surface area (Å²) in [6.07, 6.45) is -4.22. The van der Waals surface area contributed by atoms with Crippen molar-refractivity contribution in [3.8, 4) is 0 Å². The van der Waals surface area contributed by atoms with Gasteiger partial charge in [-0.15, -0.1) is 0 Å². The zero-order valence-corrected chi connectivity index (χ0v) is 10.9. The molecule has 1 aromatic rings. The second-order valence-electron chi connectivity index (χ2n) is 4.92. The maximum absolute atomic E-state index is 12.2. The van der Waals surface area contributed by atoms with E-state index in [0.29, 0.717) is 5.69 Å². The standard InChI is InChI=1S/C14H18F3N/c1-10(2)13(3,4)11-7-5-6-8-12(11)18-9-14(15,16)17/h5-8,18H,1,9H2,2-4H3. The predicted octanol–water partition coefficient (Wildman–Crippen LogP) is 4.51. The molecular formula is C14H18F3N. The summed E-state index contributed by atoms with van der Waals surface area (Å²) in [6, 6.07) is 7.02. The Labute approximate surface area is 106 Å². The molecule has 0 amide bonds. The number of hydrogen-bond acceptors (Lipinski definition) is 1. The molecule has 0 aliphatic heterocycles. The van der Waals surface area contributed by atoms with E-state index in [4.69, 9.17) is 0 Å². The average molecular weight is 257 g/mol. The number of alkyl halides is 3. The van der Waals surface area contributed by atoms with Crippen molar-refractivity contribution in [2.75, 3.05) is 11.9 Å². The molecule has 0 spiro atoms. The number of allylic oxidation sites excluding steroid dienone is 1. The maximum atomic E-state index is 12.2. The number of halogens is 3. The van der Waals surface area contributed by atoms with E-state index in [-0.39, 0.29) is 5.41 Å². The Kier molecular flexibility index (Phi) is 4.09. The molecule has 0 radical (unpaired) electrons. The van der Waals surface area contributed by atoms with Gasteiger partial charge in [-0.2, -0.15) is 13.2 Å². The summed E-state index contributed by atoms with van der Waals surface area (Å²) in [5, 5.41) is 2.45. The molecule has 0 saturated heterocycles. The molecule has 1 nitrogen and oxygen atoms in total. The van der Waals surface area contributed by atoms with E-state index >= 15 is 0 Å². The average Bonchev–Trinajstić information content (AvgIpc) is 2.25. The summed E-state index contributed by atoms with van der Waals surface area (Å²) < 4.78 is 36.7. The minimum atomic E-state index is -4.22. The Morgan fingerprint density at radius 3 is 2.28 bits per heavy atom. The van der Waals surface area contributed by atoms with Crippen LogP contribution in [0.1, 0.15) is 26.3 Å². The third-order valence-electron chi connectivity index (χ3n) is 3.15. The van der Waals surface area contributed by atoms with Gasteiger partial charge in [-0.25, -0.2) is 0 Å². The van der Waals surface area contributed by atoms with Gasteiger partial charge in [0, 0.05) is 11.1 Å². The predicted molar refractivity (Wildman–Crippen MR) is 68.8 cm³/mol. The minimum Gasteiger partial charge on any atom is -0.376 e. The highest BCUT2D eigenvalue weighted by Crippen LogP contribution is 2.35. The number of para-hydroxylation sites is 1. The molecule has 0 aliphatic carbocycles. The molecule has 0 aliphatic rings. The zero-order valence-electron chi connectivity index (χ0n) is 10.9. The van der Waals surface area contributed by atoms with E-state index in [1.807, 2.05) is 32.9 Å². The van der Waals surface area contributed by atoms with Gasteiger partial charge in [0.05, 0.1) is 0 Å². The summed E-state index contributed by atoms with van der Waals surface area (Å²) in [5.41, 5.74) is 1.86. The van der Waals surface area contributed by atoms with Crippen LogP contribution >= 0.6 is 0 Å². The maximum Gasteiger partial charge on any atom is 0.405 e. The Morgan fingerprint density at radius 2 is 1.78 bits per heavy atom. The van der Waals surface area contributed by atoms with Crippen molar-refractivity contribution < 1.29 is 13.2 Å². The fourth-order valence-electron chi connectivity index (χ4n) is 1.61. The van der Waals surface area contributed by atoms with Crippen LogP contribution in [0.25, 0.3) is 0 Å². The molecule has 1 N–H and O–H groups in total. The van der Waals surface area contributed by atoms with Crippen molar-refractivity contribution >= 4 is 5.69 Å². The fourth-order valence-corrected chi connectivity index (χ4v) is 1.61. The van der Waals surface area contributed by atoms with Gasteiger partial charge in [-0.1, -0.05) is 44.2 Å². The van der Waals surface area contributed by atoms with Gasteiger partial charge >= 0.3 is 6.18 Å². The molecule has 0 bridgehead atoms. The van der Waals surface area contributed by atoms with Crippen LogP contribution in [0.15, 0.2) is 36.4 Å². The third kappa shape index (κ3) is 3.52. The molecule has 0 aromatic heterocycles. The van der Waals surface area contributed by atoms with E-state index in [9.17, 15) is 13.2 Å². The Balaban J connectivity index is 3.04. The van der Waals surface area contributed by atoms with Gasteiger partial charge in [-0.05, 0) is 18.6 Å². The van der Waals surface area contributed by atoms with Gasteiger partial charge in [0.15, 0.2) is 0 Å².